The van der Waals surface area contributed by atoms with Gasteiger partial charge in [0.2, 0.25) is 15.9 Å². The van der Waals surface area contributed by atoms with E-state index in [1.165, 1.54) is 4.31 Å². The number of hydrogen-bond donors (Lipinski definition) is 1. The molecule has 142 valence electrons. The van der Waals surface area contributed by atoms with Crippen LogP contribution in [0.25, 0.3) is 11.0 Å². The molecule has 1 amide bonds. The first-order valence-electron chi connectivity index (χ1n) is 8.97. The van der Waals surface area contributed by atoms with Gasteiger partial charge in [-0.1, -0.05) is 6.92 Å². The first-order valence-corrected chi connectivity index (χ1v) is 10.6. The summed E-state index contributed by atoms with van der Waals surface area (Å²) in [6.45, 7) is 6.27. The maximum atomic E-state index is 12.7. The van der Waals surface area contributed by atoms with Gasteiger partial charge in [-0.05, 0) is 39.2 Å². The Morgan fingerprint density at radius 1 is 1.38 bits per heavy atom. The molecule has 1 N–H and O–H groups in total. The molecule has 1 unspecified atom stereocenters. The lowest BCUT2D eigenvalue weighted by molar-refractivity contribution is -0.119. The van der Waals surface area contributed by atoms with E-state index in [9.17, 15) is 13.2 Å². The quantitative estimate of drug-likeness (QED) is 0.829. The molecule has 0 spiro atoms. The van der Waals surface area contributed by atoms with E-state index in [-0.39, 0.29) is 17.7 Å². The number of carbonyl (C=O) groups excluding carboxylic acids is 1. The third-order valence-corrected chi connectivity index (χ3v) is 6.59. The van der Waals surface area contributed by atoms with E-state index in [1.807, 2.05) is 31.5 Å². The maximum Gasteiger partial charge on any atom is 0.242 e. The third-order valence-electron chi connectivity index (χ3n) is 4.52. The lowest BCUT2D eigenvalue weighted by Gasteiger charge is -2.23. The molecule has 0 aromatic carbocycles. The van der Waals surface area contributed by atoms with Crippen molar-refractivity contribution in [2.75, 3.05) is 17.6 Å². The van der Waals surface area contributed by atoms with Gasteiger partial charge in [0.05, 0.1) is 23.8 Å². The Morgan fingerprint density at radius 2 is 2.15 bits per heavy atom. The summed E-state index contributed by atoms with van der Waals surface area (Å²) in [4.78, 5) is 17.1. The van der Waals surface area contributed by atoms with E-state index < -0.39 is 16.1 Å². The Kier molecular flexibility index (Phi) is 5.29. The summed E-state index contributed by atoms with van der Waals surface area (Å²) >= 11 is 0. The van der Waals surface area contributed by atoms with Crippen molar-refractivity contribution in [3.05, 3.63) is 18.5 Å². The molecule has 9 heteroatoms. The average molecular weight is 379 g/mol. The van der Waals surface area contributed by atoms with Crippen LogP contribution in [0.15, 0.2) is 18.5 Å². The van der Waals surface area contributed by atoms with Crippen molar-refractivity contribution in [3.63, 3.8) is 0 Å². The number of fused-ring (bicyclic) bond motifs is 1. The molecule has 2 aromatic heterocycles. The topological polar surface area (TPSA) is 97.2 Å². The monoisotopic (exact) mass is 379 g/mol. The Labute approximate surface area is 153 Å². The van der Waals surface area contributed by atoms with Gasteiger partial charge in [0.1, 0.15) is 6.04 Å². The van der Waals surface area contributed by atoms with Gasteiger partial charge in [-0.3, -0.25) is 4.79 Å². The van der Waals surface area contributed by atoms with Crippen molar-refractivity contribution in [1.29, 1.82) is 0 Å². The second-order valence-corrected chi connectivity index (χ2v) is 8.93. The number of carbonyl (C=O) groups is 1. The molecule has 3 rings (SSSR count). The molecule has 1 atom stereocenters. The first-order chi connectivity index (χ1) is 12.3. The van der Waals surface area contributed by atoms with Crippen molar-refractivity contribution in [2.24, 2.45) is 0 Å². The van der Waals surface area contributed by atoms with Crippen LogP contribution in [0.2, 0.25) is 0 Å². The third kappa shape index (κ3) is 3.59. The summed E-state index contributed by atoms with van der Waals surface area (Å²) in [5.41, 5.74) is 1.30. The fraction of sp³-hybridized carbons (Fsp3) is 0.588. The van der Waals surface area contributed by atoms with Crippen molar-refractivity contribution in [2.45, 2.75) is 52.1 Å². The molecule has 0 radical (unpaired) electrons. The Balaban J connectivity index is 1.78. The highest BCUT2D eigenvalue weighted by atomic mass is 32.2. The zero-order valence-corrected chi connectivity index (χ0v) is 16.2. The molecule has 3 heterocycles. The van der Waals surface area contributed by atoms with Gasteiger partial charge in [-0.2, -0.15) is 9.40 Å². The van der Waals surface area contributed by atoms with Crippen LogP contribution in [0, 0.1) is 0 Å². The second-order valence-electron chi connectivity index (χ2n) is 6.89. The zero-order valence-electron chi connectivity index (χ0n) is 15.3. The molecule has 0 bridgehead atoms. The number of amides is 1. The van der Waals surface area contributed by atoms with Gasteiger partial charge in [-0.25, -0.2) is 18.1 Å². The minimum atomic E-state index is -3.39. The molecule has 1 fully saturated rings. The van der Waals surface area contributed by atoms with Crippen LogP contribution in [-0.2, 0) is 14.8 Å². The van der Waals surface area contributed by atoms with Gasteiger partial charge in [0.25, 0.3) is 0 Å². The Bertz CT molecular complexity index is 906. The lowest BCUT2D eigenvalue weighted by Crippen LogP contribution is -2.44. The predicted octanol–water partition coefficient (Wildman–Crippen LogP) is 2.15. The average Bonchev–Trinajstić information content (AvgIpc) is 3.21. The van der Waals surface area contributed by atoms with Crippen LogP contribution in [-0.4, -0.2) is 51.7 Å². The summed E-state index contributed by atoms with van der Waals surface area (Å²) < 4.78 is 27.9. The lowest BCUT2D eigenvalue weighted by atomic mass is 10.2. The number of aromatic nitrogens is 3. The molecule has 1 aliphatic rings. The minimum absolute atomic E-state index is 0.0681. The number of rotatable bonds is 6. The largest absolute Gasteiger partial charge is 0.323 e. The maximum absolute atomic E-state index is 12.7. The summed E-state index contributed by atoms with van der Waals surface area (Å²) in [5, 5.41) is 7.96. The molecule has 2 aromatic rings. The number of sulfonamides is 1. The molecule has 26 heavy (non-hydrogen) atoms. The minimum Gasteiger partial charge on any atom is -0.323 e. The number of hydrogen-bond acceptors (Lipinski definition) is 5. The van der Waals surface area contributed by atoms with Gasteiger partial charge >= 0.3 is 0 Å². The van der Waals surface area contributed by atoms with Crippen LogP contribution in [0.5, 0.6) is 0 Å². The normalized spacial score (nSPS) is 18.7. The Morgan fingerprint density at radius 3 is 2.85 bits per heavy atom. The molecular weight excluding hydrogens is 354 g/mol. The highest BCUT2D eigenvalue weighted by molar-refractivity contribution is 7.89. The fourth-order valence-corrected chi connectivity index (χ4v) is 5.07. The van der Waals surface area contributed by atoms with Crippen LogP contribution < -0.4 is 5.32 Å². The second kappa shape index (κ2) is 7.32. The number of anilines is 1. The van der Waals surface area contributed by atoms with Gasteiger partial charge in [0.15, 0.2) is 5.65 Å². The fourth-order valence-electron chi connectivity index (χ4n) is 3.32. The SMILES string of the molecule is CCCS(=O)(=O)N1CCCC1C(=O)Nc1cnc2c(cnn2C(C)C)c1. The van der Waals surface area contributed by atoms with Crippen LogP contribution in [0.1, 0.15) is 46.1 Å². The summed E-state index contributed by atoms with van der Waals surface area (Å²) in [5.74, 6) is -0.238. The van der Waals surface area contributed by atoms with Gasteiger partial charge in [0, 0.05) is 18.0 Å². The summed E-state index contributed by atoms with van der Waals surface area (Å²) in [6.07, 6.45) is 5.06. The van der Waals surface area contributed by atoms with Gasteiger partial charge in [-0.15, -0.1) is 0 Å². The number of nitrogens with one attached hydrogen (secondary N) is 1. The zero-order chi connectivity index (χ0) is 18.9. The van der Waals surface area contributed by atoms with E-state index in [0.717, 1.165) is 11.0 Å². The predicted molar refractivity (Wildman–Crippen MR) is 100 cm³/mol. The molecule has 1 saturated heterocycles. The number of nitrogens with zero attached hydrogens (tertiary/aromatic N) is 4. The van der Waals surface area contributed by atoms with Crippen molar-refractivity contribution >= 4 is 32.7 Å². The van der Waals surface area contributed by atoms with Crippen molar-refractivity contribution in [3.8, 4) is 0 Å². The van der Waals surface area contributed by atoms with Gasteiger partial charge < -0.3 is 5.32 Å². The van der Waals surface area contributed by atoms with E-state index >= 15 is 0 Å². The molecule has 1 aliphatic heterocycles. The molecule has 8 nitrogen and oxygen atoms in total. The molecule has 0 aliphatic carbocycles. The highest BCUT2D eigenvalue weighted by Gasteiger charge is 2.38. The van der Waals surface area contributed by atoms with E-state index in [2.05, 4.69) is 15.4 Å². The van der Waals surface area contributed by atoms with Crippen LogP contribution in [0.4, 0.5) is 5.69 Å². The van der Waals surface area contributed by atoms with E-state index in [4.69, 9.17) is 0 Å². The number of pyridine rings is 1. The standard InChI is InChI=1S/C17H25N5O3S/c1-4-8-26(24,25)21-7-5-6-15(21)17(23)20-14-9-13-10-19-22(12(2)3)16(13)18-11-14/h9-12,15H,4-8H2,1-3H3,(H,20,23). The van der Waals surface area contributed by atoms with E-state index in [1.54, 1.807) is 12.4 Å². The smallest absolute Gasteiger partial charge is 0.242 e. The van der Waals surface area contributed by atoms with Crippen LogP contribution >= 0.6 is 0 Å². The summed E-state index contributed by atoms with van der Waals surface area (Å²) in [6, 6.07) is 1.35. The Hall–Kier alpha value is -2.00. The van der Waals surface area contributed by atoms with Crippen LogP contribution in [0.3, 0.4) is 0 Å². The molecular formula is C17H25N5O3S. The van der Waals surface area contributed by atoms with Crippen molar-refractivity contribution in [1.82, 2.24) is 19.1 Å². The molecule has 0 saturated carbocycles. The van der Waals surface area contributed by atoms with Crippen molar-refractivity contribution < 1.29 is 13.2 Å². The summed E-state index contributed by atoms with van der Waals surface area (Å²) in [7, 11) is -3.39. The van der Waals surface area contributed by atoms with E-state index in [0.29, 0.717) is 31.5 Å². The first kappa shape index (κ1) is 18.8. The highest BCUT2D eigenvalue weighted by Crippen LogP contribution is 2.24.